The maximum atomic E-state index is 5.29. The van der Waals surface area contributed by atoms with E-state index in [4.69, 9.17) is 4.74 Å². The highest BCUT2D eigenvalue weighted by Crippen LogP contribution is 2.28. The van der Waals surface area contributed by atoms with Crippen molar-refractivity contribution in [2.75, 3.05) is 25.6 Å². The lowest BCUT2D eigenvalue weighted by atomic mass is 9.88. The minimum absolute atomic E-state index is 0.232. The normalized spacial score (nSPS) is 22.6. The molecule has 1 heterocycles. The smallest absolute Gasteiger partial charge is 0.120 e. The van der Waals surface area contributed by atoms with Crippen molar-refractivity contribution in [1.82, 2.24) is 5.32 Å². The van der Waals surface area contributed by atoms with Gasteiger partial charge in [-0.2, -0.15) is 0 Å². The topological polar surface area (TPSA) is 24.5 Å². The number of rotatable bonds is 3. The van der Waals surface area contributed by atoms with Crippen molar-refractivity contribution in [3.63, 3.8) is 0 Å². The summed E-state index contributed by atoms with van der Waals surface area (Å²) < 4.78 is 5.29. The molecule has 0 saturated carbocycles. The van der Waals surface area contributed by atoms with Gasteiger partial charge in [0.15, 0.2) is 0 Å². The van der Waals surface area contributed by atoms with Crippen molar-refractivity contribution in [1.29, 1.82) is 0 Å². The third-order valence-corrected chi connectivity index (χ3v) is 3.84. The Labute approximate surface area is 110 Å². The van der Waals surface area contributed by atoms with Crippen molar-refractivity contribution in [2.45, 2.75) is 38.3 Å². The number of piperidine rings is 1. The zero-order chi connectivity index (χ0) is 13.2. The molecule has 1 aromatic carbocycles. The number of hydrogen-bond donors (Lipinski definition) is 1. The van der Waals surface area contributed by atoms with Crippen LogP contribution >= 0.6 is 0 Å². The molecular formula is C15H24N2O. The lowest BCUT2D eigenvalue weighted by Crippen LogP contribution is -2.52. The Balaban J connectivity index is 2.12. The standard InChI is InChI=1S/C15H24N2O/c1-15(2)11-13(8-9-16-15)17(3)12-6-5-7-14(10-12)18-4/h5-7,10,13,16H,8-9,11H2,1-4H3. The molecule has 3 heteroatoms. The van der Waals surface area contributed by atoms with Gasteiger partial charge in [0.2, 0.25) is 0 Å². The van der Waals surface area contributed by atoms with Gasteiger partial charge in [-0.3, -0.25) is 0 Å². The van der Waals surface area contributed by atoms with Crippen LogP contribution in [0.4, 0.5) is 5.69 Å². The molecule has 0 bridgehead atoms. The van der Waals surface area contributed by atoms with Crippen LogP contribution < -0.4 is 15.0 Å². The maximum absolute atomic E-state index is 5.29. The maximum Gasteiger partial charge on any atom is 0.120 e. The second-order valence-electron chi connectivity index (χ2n) is 5.77. The first-order chi connectivity index (χ1) is 8.52. The molecule has 1 fully saturated rings. The molecule has 100 valence electrons. The highest BCUT2D eigenvalue weighted by atomic mass is 16.5. The summed E-state index contributed by atoms with van der Waals surface area (Å²) in [5.41, 5.74) is 1.47. The lowest BCUT2D eigenvalue weighted by molar-refractivity contribution is 0.271. The number of hydrogen-bond acceptors (Lipinski definition) is 3. The Morgan fingerprint density at radius 3 is 2.83 bits per heavy atom. The first-order valence-electron chi connectivity index (χ1n) is 6.64. The fourth-order valence-corrected chi connectivity index (χ4v) is 2.71. The van der Waals surface area contributed by atoms with E-state index in [1.807, 2.05) is 6.07 Å². The molecular weight excluding hydrogens is 224 g/mol. The Hall–Kier alpha value is -1.22. The largest absolute Gasteiger partial charge is 0.497 e. The molecule has 1 atom stereocenters. The fourth-order valence-electron chi connectivity index (χ4n) is 2.71. The molecule has 1 unspecified atom stereocenters. The molecule has 0 aromatic heterocycles. The number of benzene rings is 1. The summed E-state index contributed by atoms with van der Waals surface area (Å²) in [5, 5.41) is 3.57. The van der Waals surface area contributed by atoms with E-state index in [1.165, 1.54) is 18.5 Å². The van der Waals surface area contributed by atoms with Gasteiger partial charge < -0.3 is 15.0 Å². The summed E-state index contributed by atoms with van der Waals surface area (Å²) in [5.74, 6) is 0.924. The van der Waals surface area contributed by atoms with E-state index in [1.54, 1.807) is 7.11 Å². The summed E-state index contributed by atoms with van der Waals surface area (Å²) in [6.07, 6.45) is 2.36. The molecule has 1 aliphatic rings. The molecule has 1 N–H and O–H groups in total. The van der Waals surface area contributed by atoms with Crippen LogP contribution in [0.3, 0.4) is 0 Å². The van der Waals surface area contributed by atoms with E-state index >= 15 is 0 Å². The van der Waals surface area contributed by atoms with Gasteiger partial charge in [0.1, 0.15) is 5.75 Å². The number of ether oxygens (including phenoxy) is 1. The summed E-state index contributed by atoms with van der Waals surface area (Å²) in [6.45, 7) is 5.64. The lowest BCUT2D eigenvalue weighted by Gasteiger charge is -2.41. The SMILES string of the molecule is COc1cccc(N(C)C2CCNC(C)(C)C2)c1. The molecule has 3 nitrogen and oxygen atoms in total. The van der Waals surface area contributed by atoms with E-state index in [0.29, 0.717) is 6.04 Å². The van der Waals surface area contributed by atoms with E-state index in [0.717, 1.165) is 12.3 Å². The highest BCUT2D eigenvalue weighted by Gasteiger charge is 2.29. The van der Waals surface area contributed by atoms with Crippen LogP contribution in [-0.4, -0.2) is 32.3 Å². The van der Waals surface area contributed by atoms with Gasteiger partial charge in [-0.1, -0.05) is 6.07 Å². The quantitative estimate of drug-likeness (QED) is 0.890. The van der Waals surface area contributed by atoms with Gasteiger partial charge in [0.05, 0.1) is 7.11 Å². The molecule has 1 saturated heterocycles. The van der Waals surface area contributed by atoms with Gasteiger partial charge in [-0.05, 0) is 45.4 Å². The number of anilines is 1. The minimum atomic E-state index is 0.232. The van der Waals surface area contributed by atoms with Crippen LogP contribution in [0, 0.1) is 0 Å². The van der Waals surface area contributed by atoms with Crippen LogP contribution in [-0.2, 0) is 0 Å². The van der Waals surface area contributed by atoms with Crippen LogP contribution in [0.15, 0.2) is 24.3 Å². The third-order valence-electron chi connectivity index (χ3n) is 3.84. The van der Waals surface area contributed by atoms with E-state index in [-0.39, 0.29) is 5.54 Å². The van der Waals surface area contributed by atoms with E-state index in [9.17, 15) is 0 Å². The molecule has 0 aliphatic carbocycles. The molecule has 0 amide bonds. The Morgan fingerprint density at radius 1 is 1.39 bits per heavy atom. The molecule has 0 spiro atoms. The molecule has 1 aliphatic heterocycles. The van der Waals surface area contributed by atoms with Crippen molar-refractivity contribution in [3.05, 3.63) is 24.3 Å². The van der Waals surface area contributed by atoms with Crippen molar-refractivity contribution < 1.29 is 4.74 Å². The number of nitrogens with one attached hydrogen (secondary N) is 1. The summed E-state index contributed by atoms with van der Waals surface area (Å²) in [4.78, 5) is 2.38. The van der Waals surface area contributed by atoms with Gasteiger partial charge in [0, 0.05) is 30.4 Å². The third kappa shape index (κ3) is 2.96. The number of nitrogens with zero attached hydrogens (tertiary/aromatic N) is 1. The predicted molar refractivity (Wildman–Crippen MR) is 76.5 cm³/mol. The predicted octanol–water partition coefficient (Wildman–Crippen LogP) is 2.66. The van der Waals surface area contributed by atoms with Gasteiger partial charge in [0.25, 0.3) is 0 Å². The zero-order valence-electron chi connectivity index (χ0n) is 11.9. The van der Waals surface area contributed by atoms with E-state index in [2.05, 4.69) is 49.3 Å². The Kier molecular flexibility index (Phi) is 3.81. The highest BCUT2D eigenvalue weighted by molar-refractivity contribution is 5.51. The summed E-state index contributed by atoms with van der Waals surface area (Å²) in [7, 11) is 3.90. The van der Waals surface area contributed by atoms with Crippen molar-refractivity contribution in [2.24, 2.45) is 0 Å². The van der Waals surface area contributed by atoms with Gasteiger partial charge >= 0.3 is 0 Å². The second-order valence-corrected chi connectivity index (χ2v) is 5.77. The fraction of sp³-hybridized carbons (Fsp3) is 0.600. The van der Waals surface area contributed by atoms with Crippen molar-refractivity contribution >= 4 is 5.69 Å². The summed E-state index contributed by atoms with van der Waals surface area (Å²) >= 11 is 0. The van der Waals surface area contributed by atoms with Crippen LogP contribution in [0.2, 0.25) is 0 Å². The molecule has 1 aromatic rings. The van der Waals surface area contributed by atoms with Crippen LogP contribution in [0.1, 0.15) is 26.7 Å². The van der Waals surface area contributed by atoms with Crippen LogP contribution in [0.25, 0.3) is 0 Å². The first kappa shape index (κ1) is 13.2. The number of methoxy groups -OCH3 is 1. The van der Waals surface area contributed by atoms with Crippen molar-refractivity contribution in [3.8, 4) is 5.75 Å². The average molecular weight is 248 g/mol. The molecule has 2 rings (SSSR count). The van der Waals surface area contributed by atoms with Gasteiger partial charge in [-0.25, -0.2) is 0 Å². The summed E-state index contributed by atoms with van der Waals surface area (Å²) in [6, 6.07) is 8.89. The Morgan fingerprint density at radius 2 is 2.17 bits per heavy atom. The minimum Gasteiger partial charge on any atom is -0.497 e. The van der Waals surface area contributed by atoms with Gasteiger partial charge in [-0.15, -0.1) is 0 Å². The first-order valence-corrected chi connectivity index (χ1v) is 6.64. The molecule has 0 radical (unpaired) electrons. The monoisotopic (exact) mass is 248 g/mol. The van der Waals surface area contributed by atoms with Crippen LogP contribution in [0.5, 0.6) is 5.75 Å². The average Bonchev–Trinajstić information content (AvgIpc) is 2.37. The molecule has 18 heavy (non-hydrogen) atoms. The zero-order valence-corrected chi connectivity index (χ0v) is 11.9. The van der Waals surface area contributed by atoms with E-state index < -0.39 is 0 Å². The Bertz CT molecular complexity index is 403. The second kappa shape index (κ2) is 5.19.